The minimum atomic E-state index is 0.591. The zero-order chi connectivity index (χ0) is 10.7. The van der Waals surface area contributed by atoms with Gasteiger partial charge in [-0.25, -0.2) is 9.97 Å². The molecular formula is C11H18N4. The molecule has 2 unspecified atom stereocenters. The van der Waals surface area contributed by atoms with Crippen LogP contribution in [0.15, 0.2) is 18.6 Å². The van der Waals surface area contributed by atoms with Crippen LogP contribution in [0.1, 0.15) is 13.3 Å². The second-order valence-corrected chi connectivity index (χ2v) is 4.28. The molecule has 1 aliphatic heterocycles. The van der Waals surface area contributed by atoms with Crippen LogP contribution in [0, 0.1) is 11.8 Å². The van der Waals surface area contributed by atoms with Gasteiger partial charge in [-0.3, -0.25) is 0 Å². The van der Waals surface area contributed by atoms with Gasteiger partial charge >= 0.3 is 0 Å². The van der Waals surface area contributed by atoms with E-state index in [1.54, 1.807) is 12.5 Å². The first-order valence-corrected chi connectivity index (χ1v) is 5.52. The summed E-state index contributed by atoms with van der Waals surface area (Å²) in [6, 6.07) is 1.96. The first kappa shape index (κ1) is 10.4. The van der Waals surface area contributed by atoms with Gasteiger partial charge in [0.05, 0.1) is 0 Å². The van der Waals surface area contributed by atoms with E-state index >= 15 is 0 Å². The summed E-state index contributed by atoms with van der Waals surface area (Å²) < 4.78 is 0. The van der Waals surface area contributed by atoms with Gasteiger partial charge in [0.2, 0.25) is 0 Å². The largest absolute Gasteiger partial charge is 0.356 e. The number of nitrogens with two attached hydrogens (primary N) is 1. The SMILES string of the molecule is CC1CCN(c2ccncn2)CC1CN. The zero-order valence-electron chi connectivity index (χ0n) is 9.13. The lowest BCUT2D eigenvalue weighted by atomic mass is 9.87. The summed E-state index contributed by atoms with van der Waals surface area (Å²) in [5.74, 6) is 2.34. The number of piperidine rings is 1. The van der Waals surface area contributed by atoms with Crippen LogP contribution in [0.2, 0.25) is 0 Å². The molecule has 1 aromatic heterocycles. The molecule has 0 amide bonds. The predicted octanol–water partition coefficient (Wildman–Crippen LogP) is 0.898. The molecule has 2 N–H and O–H groups in total. The summed E-state index contributed by atoms with van der Waals surface area (Å²) in [5, 5.41) is 0. The maximum atomic E-state index is 5.77. The van der Waals surface area contributed by atoms with E-state index in [4.69, 9.17) is 5.73 Å². The van der Waals surface area contributed by atoms with Crippen molar-refractivity contribution in [1.82, 2.24) is 9.97 Å². The first-order valence-electron chi connectivity index (χ1n) is 5.52. The summed E-state index contributed by atoms with van der Waals surface area (Å²) in [6.45, 7) is 5.15. The number of nitrogens with zero attached hydrogens (tertiary/aromatic N) is 3. The Morgan fingerprint density at radius 1 is 1.60 bits per heavy atom. The predicted molar refractivity (Wildman–Crippen MR) is 60.6 cm³/mol. The third-order valence-corrected chi connectivity index (χ3v) is 3.31. The van der Waals surface area contributed by atoms with Crippen LogP contribution in [0.25, 0.3) is 0 Å². The maximum absolute atomic E-state index is 5.77. The van der Waals surface area contributed by atoms with Gasteiger partial charge in [0, 0.05) is 19.3 Å². The Morgan fingerprint density at radius 3 is 3.13 bits per heavy atom. The number of aromatic nitrogens is 2. The van der Waals surface area contributed by atoms with Crippen LogP contribution in [0.4, 0.5) is 5.82 Å². The highest BCUT2D eigenvalue weighted by Gasteiger charge is 2.25. The molecule has 0 radical (unpaired) electrons. The summed E-state index contributed by atoms with van der Waals surface area (Å²) in [6.07, 6.45) is 4.59. The molecule has 1 saturated heterocycles. The fourth-order valence-corrected chi connectivity index (χ4v) is 2.14. The third kappa shape index (κ3) is 2.26. The molecule has 0 aromatic carbocycles. The van der Waals surface area contributed by atoms with Crippen LogP contribution in [-0.4, -0.2) is 29.6 Å². The van der Waals surface area contributed by atoms with Crippen molar-refractivity contribution in [2.75, 3.05) is 24.5 Å². The van der Waals surface area contributed by atoms with Gasteiger partial charge in [-0.05, 0) is 30.9 Å². The van der Waals surface area contributed by atoms with E-state index < -0.39 is 0 Å². The number of anilines is 1. The molecule has 0 bridgehead atoms. The van der Waals surface area contributed by atoms with Crippen LogP contribution in [0.3, 0.4) is 0 Å². The Bertz CT molecular complexity index is 301. The lowest BCUT2D eigenvalue weighted by Gasteiger charge is -2.37. The highest BCUT2D eigenvalue weighted by atomic mass is 15.2. The average molecular weight is 206 g/mol. The quantitative estimate of drug-likeness (QED) is 0.781. The Labute approximate surface area is 90.5 Å². The molecule has 2 atom stereocenters. The normalized spacial score (nSPS) is 26.7. The van der Waals surface area contributed by atoms with Gasteiger partial charge in [0.1, 0.15) is 12.1 Å². The van der Waals surface area contributed by atoms with Crippen molar-refractivity contribution >= 4 is 5.82 Å². The lowest BCUT2D eigenvalue weighted by molar-refractivity contribution is 0.307. The van der Waals surface area contributed by atoms with E-state index in [0.717, 1.165) is 31.4 Å². The number of rotatable bonds is 2. The molecule has 0 saturated carbocycles. The molecule has 82 valence electrons. The fraction of sp³-hybridized carbons (Fsp3) is 0.636. The molecule has 4 nitrogen and oxygen atoms in total. The van der Waals surface area contributed by atoms with Crippen molar-refractivity contribution in [1.29, 1.82) is 0 Å². The molecule has 1 aliphatic rings. The van der Waals surface area contributed by atoms with Gasteiger partial charge in [-0.15, -0.1) is 0 Å². The molecule has 2 heterocycles. The average Bonchev–Trinajstić information content (AvgIpc) is 2.31. The van der Waals surface area contributed by atoms with Gasteiger partial charge in [0.15, 0.2) is 0 Å². The fourth-order valence-electron chi connectivity index (χ4n) is 2.14. The minimum absolute atomic E-state index is 0.591. The van der Waals surface area contributed by atoms with Crippen molar-refractivity contribution in [3.8, 4) is 0 Å². The summed E-state index contributed by atoms with van der Waals surface area (Å²) >= 11 is 0. The van der Waals surface area contributed by atoms with Crippen LogP contribution in [0.5, 0.6) is 0 Å². The highest BCUT2D eigenvalue weighted by Crippen LogP contribution is 2.24. The Kier molecular flexibility index (Phi) is 3.16. The van der Waals surface area contributed by atoms with E-state index in [1.807, 2.05) is 6.07 Å². The molecule has 0 aliphatic carbocycles. The van der Waals surface area contributed by atoms with Crippen LogP contribution in [-0.2, 0) is 0 Å². The lowest BCUT2D eigenvalue weighted by Crippen LogP contribution is -2.43. The molecule has 1 aromatic rings. The van der Waals surface area contributed by atoms with Crippen LogP contribution >= 0.6 is 0 Å². The molecule has 4 heteroatoms. The molecule has 15 heavy (non-hydrogen) atoms. The van der Waals surface area contributed by atoms with E-state index in [0.29, 0.717) is 5.92 Å². The first-order chi connectivity index (χ1) is 7.31. The molecule has 1 fully saturated rings. The standard InChI is InChI=1S/C11H18N4/c1-9-3-5-15(7-10(9)6-12)11-2-4-13-8-14-11/h2,4,8-10H,3,5-7,12H2,1H3. The second-order valence-electron chi connectivity index (χ2n) is 4.28. The van der Waals surface area contributed by atoms with Gasteiger partial charge < -0.3 is 10.6 Å². The minimum Gasteiger partial charge on any atom is -0.356 e. The van der Waals surface area contributed by atoms with Crippen molar-refractivity contribution in [2.24, 2.45) is 17.6 Å². The summed E-state index contributed by atoms with van der Waals surface area (Å²) in [7, 11) is 0. The second kappa shape index (κ2) is 4.57. The van der Waals surface area contributed by atoms with Crippen molar-refractivity contribution in [2.45, 2.75) is 13.3 Å². The topological polar surface area (TPSA) is 55.0 Å². The van der Waals surface area contributed by atoms with Crippen molar-refractivity contribution in [3.63, 3.8) is 0 Å². The van der Waals surface area contributed by atoms with Crippen molar-refractivity contribution in [3.05, 3.63) is 18.6 Å². The van der Waals surface area contributed by atoms with E-state index in [1.165, 1.54) is 6.42 Å². The van der Waals surface area contributed by atoms with Crippen molar-refractivity contribution < 1.29 is 0 Å². The van der Waals surface area contributed by atoms with Gasteiger partial charge in [-0.1, -0.05) is 6.92 Å². The van der Waals surface area contributed by atoms with E-state index in [-0.39, 0.29) is 0 Å². The summed E-state index contributed by atoms with van der Waals surface area (Å²) in [4.78, 5) is 10.5. The third-order valence-electron chi connectivity index (χ3n) is 3.31. The van der Waals surface area contributed by atoms with Gasteiger partial charge in [-0.2, -0.15) is 0 Å². The maximum Gasteiger partial charge on any atom is 0.131 e. The molecule has 2 rings (SSSR count). The Morgan fingerprint density at radius 2 is 2.47 bits per heavy atom. The number of hydrogen-bond acceptors (Lipinski definition) is 4. The van der Waals surface area contributed by atoms with Gasteiger partial charge in [0.25, 0.3) is 0 Å². The zero-order valence-corrected chi connectivity index (χ0v) is 9.13. The van der Waals surface area contributed by atoms with E-state index in [2.05, 4.69) is 21.8 Å². The Balaban J connectivity index is 2.06. The monoisotopic (exact) mass is 206 g/mol. The Hall–Kier alpha value is -1.16. The number of hydrogen-bond donors (Lipinski definition) is 1. The highest BCUT2D eigenvalue weighted by molar-refractivity contribution is 5.37. The van der Waals surface area contributed by atoms with E-state index in [9.17, 15) is 0 Å². The molecule has 0 spiro atoms. The molecular weight excluding hydrogens is 188 g/mol. The van der Waals surface area contributed by atoms with Crippen LogP contribution < -0.4 is 10.6 Å². The summed E-state index contributed by atoms with van der Waals surface area (Å²) in [5.41, 5.74) is 5.77. The smallest absolute Gasteiger partial charge is 0.131 e.